The Morgan fingerprint density at radius 3 is 2.61 bits per heavy atom. The predicted molar refractivity (Wildman–Crippen MR) is 91.0 cm³/mol. The lowest BCUT2D eigenvalue weighted by Gasteiger charge is -2.20. The van der Waals surface area contributed by atoms with Gasteiger partial charge in [0.05, 0.1) is 12.2 Å². The molecule has 1 aromatic carbocycles. The summed E-state index contributed by atoms with van der Waals surface area (Å²) in [5, 5.41) is 10.7. The SMILES string of the molecule is CCOC(=O)c1c(C)n(C2CCCCCC2)c2ccc(O)cc12. The monoisotopic (exact) mass is 315 g/mol. The Hall–Kier alpha value is -1.97. The van der Waals surface area contributed by atoms with Crippen LogP contribution < -0.4 is 0 Å². The minimum atomic E-state index is -0.298. The van der Waals surface area contributed by atoms with Gasteiger partial charge in [0.25, 0.3) is 0 Å². The van der Waals surface area contributed by atoms with Gasteiger partial charge < -0.3 is 14.4 Å². The Labute approximate surface area is 137 Å². The van der Waals surface area contributed by atoms with E-state index in [1.807, 2.05) is 19.9 Å². The molecule has 3 rings (SSSR count). The molecule has 1 aliphatic carbocycles. The maximum atomic E-state index is 12.4. The van der Waals surface area contributed by atoms with Crippen molar-refractivity contribution < 1.29 is 14.6 Å². The van der Waals surface area contributed by atoms with Crippen molar-refractivity contribution in [2.75, 3.05) is 6.61 Å². The lowest BCUT2D eigenvalue weighted by molar-refractivity contribution is 0.0527. The maximum absolute atomic E-state index is 12.4. The third kappa shape index (κ3) is 2.94. The van der Waals surface area contributed by atoms with Crippen LogP contribution in [0.2, 0.25) is 0 Å². The van der Waals surface area contributed by atoms with E-state index in [9.17, 15) is 9.90 Å². The molecule has 0 saturated heterocycles. The number of aromatic hydroxyl groups is 1. The zero-order chi connectivity index (χ0) is 16.4. The average Bonchev–Trinajstić information content (AvgIpc) is 2.69. The summed E-state index contributed by atoms with van der Waals surface area (Å²) in [6.45, 7) is 4.16. The predicted octanol–water partition coefficient (Wildman–Crippen LogP) is 4.73. The van der Waals surface area contributed by atoms with Crippen LogP contribution in [0.1, 0.15) is 67.5 Å². The van der Waals surface area contributed by atoms with Gasteiger partial charge in [-0.15, -0.1) is 0 Å². The summed E-state index contributed by atoms with van der Waals surface area (Å²) < 4.78 is 7.55. The highest BCUT2D eigenvalue weighted by Crippen LogP contribution is 2.36. The van der Waals surface area contributed by atoms with Crippen molar-refractivity contribution in [2.45, 2.75) is 58.4 Å². The molecule has 1 aromatic heterocycles. The largest absolute Gasteiger partial charge is 0.508 e. The van der Waals surface area contributed by atoms with E-state index in [4.69, 9.17) is 4.74 Å². The number of ether oxygens (including phenoxy) is 1. The number of phenols is 1. The summed E-state index contributed by atoms with van der Waals surface area (Å²) in [7, 11) is 0. The lowest BCUT2D eigenvalue weighted by Crippen LogP contribution is -2.12. The Bertz CT molecular complexity index is 709. The molecule has 1 saturated carbocycles. The molecule has 1 fully saturated rings. The van der Waals surface area contributed by atoms with Crippen molar-refractivity contribution in [2.24, 2.45) is 0 Å². The third-order valence-electron chi connectivity index (χ3n) is 4.90. The summed E-state index contributed by atoms with van der Waals surface area (Å²) in [5.74, 6) is -0.117. The normalized spacial score (nSPS) is 16.4. The molecule has 1 aliphatic rings. The summed E-state index contributed by atoms with van der Waals surface area (Å²) >= 11 is 0. The van der Waals surface area contributed by atoms with Crippen LogP contribution in [0.15, 0.2) is 18.2 Å². The van der Waals surface area contributed by atoms with Crippen molar-refractivity contribution >= 4 is 16.9 Å². The minimum absolute atomic E-state index is 0.182. The Balaban J connectivity index is 2.17. The number of esters is 1. The lowest BCUT2D eigenvalue weighted by atomic mass is 10.1. The van der Waals surface area contributed by atoms with Crippen LogP contribution in [0.3, 0.4) is 0 Å². The Morgan fingerprint density at radius 1 is 1.26 bits per heavy atom. The summed E-state index contributed by atoms with van der Waals surface area (Å²) in [4.78, 5) is 12.4. The Kier molecular flexibility index (Phi) is 4.60. The maximum Gasteiger partial charge on any atom is 0.340 e. The number of benzene rings is 1. The van der Waals surface area contributed by atoms with Gasteiger partial charge in [-0.25, -0.2) is 4.79 Å². The molecule has 0 bridgehead atoms. The number of rotatable bonds is 3. The number of carbonyl (C=O) groups excluding carboxylic acids is 1. The number of nitrogens with zero attached hydrogens (tertiary/aromatic N) is 1. The second kappa shape index (κ2) is 6.65. The second-order valence-electron chi connectivity index (χ2n) is 6.40. The van der Waals surface area contributed by atoms with E-state index in [1.54, 1.807) is 12.1 Å². The first-order chi connectivity index (χ1) is 11.1. The molecule has 4 nitrogen and oxygen atoms in total. The van der Waals surface area contributed by atoms with Gasteiger partial charge in [-0.3, -0.25) is 0 Å². The molecule has 0 amide bonds. The molecule has 0 spiro atoms. The summed E-state index contributed by atoms with van der Waals surface area (Å²) in [6.07, 6.45) is 7.34. The first kappa shape index (κ1) is 15.9. The van der Waals surface area contributed by atoms with Crippen LogP contribution in [0.5, 0.6) is 5.75 Å². The molecule has 1 N–H and O–H groups in total. The molecule has 1 heterocycles. The quantitative estimate of drug-likeness (QED) is 0.658. The van der Waals surface area contributed by atoms with Gasteiger partial charge in [-0.2, -0.15) is 0 Å². The van der Waals surface area contributed by atoms with Gasteiger partial charge in [0.2, 0.25) is 0 Å². The number of carbonyl (C=O) groups is 1. The van der Waals surface area contributed by atoms with Gasteiger partial charge in [0.1, 0.15) is 5.75 Å². The van der Waals surface area contributed by atoms with Gasteiger partial charge in [-0.05, 0) is 44.9 Å². The van der Waals surface area contributed by atoms with E-state index in [0.29, 0.717) is 18.2 Å². The molecular weight excluding hydrogens is 290 g/mol. The highest BCUT2D eigenvalue weighted by atomic mass is 16.5. The smallest absolute Gasteiger partial charge is 0.340 e. The first-order valence-corrected chi connectivity index (χ1v) is 8.64. The average molecular weight is 315 g/mol. The van der Waals surface area contributed by atoms with Crippen LogP contribution in [-0.4, -0.2) is 22.2 Å². The number of fused-ring (bicyclic) bond motifs is 1. The van der Waals surface area contributed by atoms with E-state index in [-0.39, 0.29) is 11.7 Å². The summed E-state index contributed by atoms with van der Waals surface area (Å²) in [5.41, 5.74) is 2.58. The number of hydrogen-bond acceptors (Lipinski definition) is 3. The van der Waals surface area contributed by atoms with Gasteiger partial charge in [0, 0.05) is 22.6 Å². The highest BCUT2D eigenvalue weighted by molar-refractivity contribution is 6.06. The Morgan fingerprint density at radius 2 is 1.96 bits per heavy atom. The van der Waals surface area contributed by atoms with Crippen molar-refractivity contribution in [1.82, 2.24) is 4.57 Å². The van der Waals surface area contributed by atoms with E-state index in [0.717, 1.165) is 29.4 Å². The van der Waals surface area contributed by atoms with Crippen LogP contribution in [-0.2, 0) is 4.74 Å². The molecule has 0 aliphatic heterocycles. The van der Waals surface area contributed by atoms with Crippen molar-refractivity contribution in [3.63, 3.8) is 0 Å². The number of hydrogen-bond donors (Lipinski definition) is 1. The first-order valence-electron chi connectivity index (χ1n) is 8.64. The van der Waals surface area contributed by atoms with Crippen LogP contribution in [0, 0.1) is 6.92 Å². The van der Waals surface area contributed by atoms with Gasteiger partial charge in [-0.1, -0.05) is 25.7 Å². The summed E-state index contributed by atoms with van der Waals surface area (Å²) in [6, 6.07) is 5.73. The van der Waals surface area contributed by atoms with E-state index in [2.05, 4.69) is 4.57 Å². The second-order valence-corrected chi connectivity index (χ2v) is 6.40. The molecule has 2 aromatic rings. The molecule has 0 unspecified atom stereocenters. The minimum Gasteiger partial charge on any atom is -0.508 e. The molecular formula is C19H25NO3. The topological polar surface area (TPSA) is 51.5 Å². The zero-order valence-corrected chi connectivity index (χ0v) is 14.0. The molecule has 23 heavy (non-hydrogen) atoms. The molecule has 0 radical (unpaired) electrons. The molecule has 4 heteroatoms. The van der Waals surface area contributed by atoms with E-state index < -0.39 is 0 Å². The van der Waals surface area contributed by atoms with Crippen molar-refractivity contribution in [3.05, 3.63) is 29.5 Å². The third-order valence-corrected chi connectivity index (χ3v) is 4.90. The fraction of sp³-hybridized carbons (Fsp3) is 0.526. The van der Waals surface area contributed by atoms with E-state index >= 15 is 0 Å². The molecule has 124 valence electrons. The highest BCUT2D eigenvalue weighted by Gasteiger charge is 2.25. The van der Waals surface area contributed by atoms with Crippen molar-refractivity contribution in [3.8, 4) is 5.75 Å². The fourth-order valence-corrected chi connectivity index (χ4v) is 3.88. The van der Waals surface area contributed by atoms with Crippen LogP contribution in [0.4, 0.5) is 0 Å². The fourth-order valence-electron chi connectivity index (χ4n) is 3.88. The molecule has 0 atom stereocenters. The number of phenolic OH excluding ortho intramolecular Hbond substituents is 1. The zero-order valence-electron chi connectivity index (χ0n) is 14.0. The standard InChI is InChI=1S/C19H25NO3/c1-3-23-19(22)18-13(2)20(14-8-6-4-5-7-9-14)17-11-10-15(21)12-16(17)18/h10-12,14,21H,3-9H2,1-2H3. The van der Waals surface area contributed by atoms with Crippen LogP contribution in [0.25, 0.3) is 10.9 Å². The van der Waals surface area contributed by atoms with Gasteiger partial charge >= 0.3 is 5.97 Å². The van der Waals surface area contributed by atoms with Crippen LogP contribution >= 0.6 is 0 Å². The van der Waals surface area contributed by atoms with Gasteiger partial charge in [0.15, 0.2) is 0 Å². The van der Waals surface area contributed by atoms with E-state index in [1.165, 1.54) is 25.7 Å². The number of aromatic nitrogens is 1. The van der Waals surface area contributed by atoms with Crippen molar-refractivity contribution in [1.29, 1.82) is 0 Å².